The maximum absolute atomic E-state index is 13.9. The first kappa shape index (κ1) is 24.6. The van der Waals surface area contributed by atoms with Gasteiger partial charge < -0.3 is 24.3 Å². The fourth-order valence-electron chi connectivity index (χ4n) is 5.91. The molecule has 184 valence electrons. The van der Waals surface area contributed by atoms with Crippen LogP contribution in [0.4, 0.5) is 11.4 Å². The third-order valence-corrected chi connectivity index (χ3v) is 9.68. The molecule has 0 aliphatic carbocycles. The van der Waals surface area contributed by atoms with E-state index >= 15 is 0 Å². The summed E-state index contributed by atoms with van der Waals surface area (Å²) < 4.78 is 11.8. The summed E-state index contributed by atoms with van der Waals surface area (Å²) in [6.45, 7) is 10.8. The average molecular weight is 489 g/mol. The van der Waals surface area contributed by atoms with Crippen LogP contribution in [-0.2, 0) is 29.5 Å². The molecule has 4 rings (SSSR count). The molecule has 10 heteroatoms. The Balaban J connectivity index is 1.84. The lowest BCUT2D eigenvalue weighted by Gasteiger charge is -2.39. The molecule has 2 fully saturated rings. The molecule has 0 aromatic heterocycles. The van der Waals surface area contributed by atoms with Gasteiger partial charge in [-0.3, -0.25) is 19.3 Å². The Labute approximate surface area is 200 Å². The van der Waals surface area contributed by atoms with Gasteiger partial charge in [-0.25, -0.2) is 0 Å². The highest BCUT2D eigenvalue weighted by molar-refractivity contribution is 6.71. The summed E-state index contributed by atoms with van der Waals surface area (Å²) in [7, 11) is -2.79. The Hall–Kier alpha value is -2.53. The molecule has 1 aromatic carbocycles. The lowest BCUT2D eigenvalue weighted by atomic mass is 9.82. The molecule has 9 nitrogen and oxygen atoms in total. The number of hydrogen-bond donors (Lipinski definition) is 2. The fraction of sp³-hybridized carbons (Fsp3) is 0.542. The molecule has 1 aromatic rings. The Bertz CT molecular complexity index is 1040. The first-order valence-corrected chi connectivity index (χ1v) is 14.6. The number of nitrogens with zero attached hydrogens (tertiary/aromatic N) is 2. The summed E-state index contributed by atoms with van der Waals surface area (Å²) in [6, 6.07) is 5.25. The zero-order chi connectivity index (χ0) is 25.0. The summed E-state index contributed by atoms with van der Waals surface area (Å²) in [4.78, 5) is 51.9. The smallest absolute Gasteiger partial charge is 0.304 e. The summed E-state index contributed by atoms with van der Waals surface area (Å²) >= 11 is 0. The zero-order valence-electron chi connectivity index (χ0n) is 20.0. The van der Waals surface area contributed by atoms with Gasteiger partial charge in [0.05, 0.1) is 18.2 Å². The molecule has 5 atom stereocenters. The van der Waals surface area contributed by atoms with Gasteiger partial charge in [0.2, 0.25) is 5.91 Å². The molecule has 34 heavy (non-hydrogen) atoms. The van der Waals surface area contributed by atoms with Crippen LogP contribution in [0.25, 0.3) is 0 Å². The number of carbonyl (C=O) groups is 3. The van der Waals surface area contributed by atoms with Crippen LogP contribution in [0.2, 0.25) is 18.6 Å². The van der Waals surface area contributed by atoms with Gasteiger partial charge in [-0.15, -0.1) is 6.58 Å². The van der Waals surface area contributed by atoms with Crippen molar-refractivity contribution in [3.8, 4) is 0 Å². The van der Waals surface area contributed by atoms with Crippen LogP contribution < -0.4 is 9.80 Å². The van der Waals surface area contributed by atoms with Crippen molar-refractivity contribution < 1.29 is 33.8 Å². The largest absolute Gasteiger partial charge is 0.441 e. The average Bonchev–Trinajstić information content (AvgIpc) is 3.15. The number of rotatable bonds is 7. The molecule has 3 heterocycles. The Morgan fingerprint density at radius 3 is 2.65 bits per heavy atom. The van der Waals surface area contributed by atoms with E-state index in [9.17, 15) is 24.3 Å². The second-order valence-corrected chi connectivity index (χ2v) is 13.8. The van der Waals surface area contributed by atoms with Gasteiger partial charge in [0, 0.05) is 42.8 Å². The molecule has 0 saturated carbocycles. The minimum atomic E-state index is -2.79. The van der Waals surface area contributed by atoms with Crippen LogP contribution in [0.3, 0.4) is 0 Å². The van der Waals surface area contributed by atoms with Gasteiger partial charge in [0.1, 0.15) is 0 Å². The molecule has 1 unspecified atom stereocenters. The highest BCUT2D eigenvalue weighted by Gasteiger charge is 2.66. The molecule has 2 N–H and O–H groups in total. The maximum atomic E-state index is 13.9. The third kappa shape index (κ3) is 3.60. The van der Waals surface area contributed by atoms with Gasteiger partial charge in [0.15, 0.2) is 20.1 Å². The SMILES string of the molecule is C=CCN1C(=O)[C@@]2(O[C@@H](CCO)[C@H]([Si](C)(C)O)[C@H]2C)c2cc(N3C(=O)CC3OC(C)=O)ccc21. The number of benzene rings is 1. The molecule has 1 spiro atoms. The van der Waals surface area contributed by atoms with Crippen molar-refractivity contribution in [3.63, 3.8) is 0 Å². The number of aliphatic hydroxyl groups is 1. The van der Waals surface area contributed by atoms with E-state index in [1.54, 1.807) is 29.2 Å². The number of anilines is 2. The Morgan fingerprint density at radius 2 is 2.09 bits per heavy atom. The van der Waals surface area contributed by atoms with Crippen molar-refractivity contribution in [2.45, 2.75) is 63.3 Å². The molecule has 0 bridgehead atoms. The van der Waals surface area contributed by atoms with Gasteiger partial charge in [0.25, 0.3) is 5.91 Å². The Kier molecular flexibility index (Phi) is 6.22. The number of carbonyl (C=O) groups excluding carboxylic acids is 3. The predicted octanol–water partition coefficient (Wildman–Crippen LogP) is 2.03. The number of amides is 2. The van der Waals surface area contributed by atoms with Crippen LogP contribution in [0, 0.1) is 5.92 Å². The first-order chi connectivity index (χ1) is 16.0. The predicted molar refractivity (Wildman–Crippen MR) is 128 cm³/mol. The normalized spacial score (nSPS) is 30.5. The first-order valence-electron chi connectivity index (χ1n) is 11.5. The van der Waals surface area contributed by atoms with Crippen LogP contribution in [0.5, 0.6) is 0 Å². The zero-order valence-corrected chi connectivity index (χ0v) is 21.0. The molecular weight excluding hydrogens is 456 g/mol. The minimum Gasteiger partial charge on any atom is -0.441 e. The van der Waals surface area contributed by atoms with Gasteiger partial charge in [-0.1, -0.05) is 13.0 Å². The molecule has 0 radical (unpaired) electrons. The van der Waals surface area contributed by atoms with Crippen LogP contribution >= 0.6 is 0 Å². The standard InChI is InChI=1S/C24H32N2O7Si/c1-6-10-25-18-8-7-16(26-20(29)13-21(26)32-15(3)28)12-17(18)24(23(25)30)14(2)22(34(4,5)31)19(33-24)9-11-27/h6-8,12,14,19,21-22,27,31H,1,9-11,13H2,2-5H3/t14-,19+,21?,22-,24+/m1/s1. The van der Waals surface area contributed by atoms with E-state index in [0.717, 1.165) is 0 Å². The monoisotopic (exact) mass is 488 g/mol. The lowest BCUT2D eigenvalue weighted by molar-refractivity contribution is -0.153. The number of aliphatic hydroxyl groups excluding tert-OH is 1. The van der Waals surface area contributed by atoms with Gasteiger partial charge >= 0.3 is 5.97 Å². The number of ether oxygens (including phenoxy) is 2. The third-order valence-electron chi connectivity index (χ3n) is 7.18. The number of β-lactam (4-membered cyclic amide) rings is 1. The van der Waals surface area contributed by atoms with Crippen LogP contribution in [0.15, 0.2) is 30.9 Å². The van der Waals surface area contributed by atoms with Gasteiger partial charge in [-0.2, -0.15) is 0 Å². The van der Waals surface area contributed by atoms with Crippen molar-refractivity contribution in [2.24, 2.45) is 5.92 Å². The Morgan fingerprint density at radius 1 is 1.38 bits per heavy atom. The molecule has 3 aliphatic rings. The molecule has 2 amide bonds. The van der Waals surface area contributed by atoms with E-state index in [1.807, 2.05) is 20.0 Å². The molecule has 3 aliphatic heterocycles. The summed E-state index contributed by atoms with van der Waals surface area (Å²) in [5, 5.41) is 9.67. The summed E-state index contributed by atoms with van der Waals surface area (Å²) in [5.74, 6) is -1.29. The van der Waals surface area contributed by atoms with Crippen molar-refractivity contribution in [1.29, 1.82) is 0 Å². The summed E-state index contributed by atoms with van der Waals surface area (Å²) in [5.41, 5.74) is 0.111. The number of fused-ring (bicyclic) bond motifs is 2. The van der Waals surface area contributed by atoms with E-state index in [4.69, 9.17) is 9.47 Å². The van der Waals surface area contributed by atoms with Crippen LogP contribution in [-0.4, -0.2) is 61.5 Å². The van der Waals surface area contributed by atoms with Crippen molar-refractivity contribution in [3.05, 3.63) is 36.4 Å². The van der Waals surface area contributed by atoms with Crippen molar-refractivity contribution in [2.75, 3.05) is 23.0 Å². The number of esters is 1. The number of hydrogen-bond acceptors (Lipinski definition) is 7. The fourth-order valence-corrected chi connectivity index (χ4v) is 8.51. The maximum Gasteiger partial charge on any atom is 0.304 e. The molecular formula is C24H32N2O7Si. The quantitative estimate of drug-likeness (QED) is 0.261. The molecule has 2 saturated heterocycles. The minimum absolute atomic E-state index is 0.0984. The van der Waals surface area contributed by atoms with E-state index in [-0.39, 0.29) is 42.8 Å². The second kappa shape index (κ2) is 8.60. The highest BCUT2D eigenvalue weighted by atomic mass is 28.4. The van der Waals surface area contributed by atoms with E-state index in [2.05, 4.69) is 6.58 Å². The highest BCUT2D eigenvalue weighted by Crippen LogP contribution is 2.60. The summed E-state index contributed by atoms with van der Waals surface area (Å²) in [6.07, 6.45) is 0.853. The van der Waals surface area contributed by atoms with Crippen LogP contribution in [0.1, 0.15) is 32.3 Å². The van der Waals surface area contributed by atoms with E-state index in [0.29, 0.717) is 23.4 Å². The second-order valence-electron chi connectivity index (χ2n) is 9.81. The lowest BCUT2D eigenvalue weighted by Crippen LogP contribution is -2.55. The topological polar surface area (TPSA) is 117 Å². The van der Waals surface area contributed by atoms with Crippen molar-refractivity contribution >= 4 is 37.5 Å². The van der Waals surface area contributed by atoms with Gasteiger partial charge in [-0.05, 0) is 37.7 Å². The van der Waals surface area contributed by atoms with Crippen molar-refractivity contribution in [1.82, 2.24) is 0 Å². The van der Waals surface area contributed by atoms with E-state index < -0.39 is 32.2 Å². The van der Waals surface area contributed by atoms with E-state index in [1.165, 1.54) is 11.8 Å².